The molecule has 1 aliphatic heterocycles. The van der Waals surface area contributed by atoms with Gasteiger partial charge >= 0.3 is 6.61 Å². The van der Waals surface area contributed by atoms with Crippen LogP contribution in [0.25, 0.3) is 0 Å². The maximum absolute atomic E-state index is 12.1. The summed E-state index contributed by atoms with van der Waals surface area (Å²) in [6.07, 6.45) is 1.41. The molecule has 1 unspecified atom stereocenters. The first kappa shape index (κ1) is 17.9. The molecule has 0 aliphatic carbocycles. The highest BCUT2D eigenvalue weighted by atomic mass is 35.5. The van der Waals surface area contributed by atoms with Gasteiger partial charge < -0.3 is 15.4 Å². The predicted octanol–water partition coefficient (Wildman–Crippen LogP) is 3.30. The van der Waals surface area contributed by atoms with Gasteiger partial charge in [0, 0.05) is 12.1 Å². The number of rotatable bonds is 5. The minimum absolute atomic E-state index is 0. The summed E-state index contributed by atoms with van der Waals surface area (Å²) in [5, 5.41) is 5.92. The van der Waals surface area contributed by atoms with Crippen molar-refractivity contribution in [1.29, 1.82) is 0 Å². The molecule has 1 fully saturated rings. The zero-order valence-electron chi connectivity index (χ0n) is 11.1. The molecule has 118 valence electrons. The van der Waals surface area contributed by atoms with E-state index >= 15 is 0 Å². The summed E-state index contributed by atoms with van der Waals surface area (Å²) in [6, 6.07) is 4.18. The normalized spacial score (nSPS) is 17.4. The van der Waals surface area contributed by atoms with Crippen molar-refractivity contribution in [1.82, 2.24) is 5.32 Å². The van der Waals surface area contributed by atoms with Gasteiger partial charge in [-0.25, -0.2) is 0 Å². The van der Waals surface area contributed by atoms with Crippen LogP contribution in [0.15, 0.2) is 18.2 Å². The number of anilines is 1. The van der Waals surface area contributed by atoms with E-state index in [-0.39, 0.29) is 29.1 Å². The highest BCUT2D eigenvalue weighted by Crippen LogP contribution is 2.29. The molecule has 2 rings (SSSR count). The zero-order chi connectivity index (χ0) is 14.5. The second kappa shape index (κ2) is 8.36. The quantitative estimate of drug-likeness (QED) is 0.864. The first-order valence-corrected chi connectivity index (χ1v) is 6.67. The average Bonchev–Trinajstić information content (AvgIpc) is 2.85. The molecule has 21 heavy (non-hydrogen) atoms. The fourth-order valence-corrected chi connectivity index (χ4v) is 2.36. The van der Waals surface area contributed by atoms with Gasteiger partial charge in [0.15, 0.2) is 0 Å². The second-order valence-electron chi connectivity index (χ2n) is 4.63. The minimum Gasteiger partial charge on any atom is -0.433 e. The lowest BCUT2D eigenvalue weighted by molar-refractivity contribution is -0.117. The Kier molecular flexibility index (Phi) is 7.14. The number of carbonyl (C=O) groups excluding carboxylic acids is 1. The van der Waals surface area contributed by atoms with Crippen LogP contribution < -0.4 is 15.4 Å². The maximum atomic E-state index is 12.1. The summed E-state index contributed by atoms with van der Waals surface area (Å²) < 4.78 is 28.4. The smallest absolute Gasteiger partial charge is 0.387 e. The largest absolute Gasteiger partial charge is 0.433 e. The third-order valence-electron chi connectivity index (χ3n) is 3.07. The Morgan fingerprint density at radius 1 is 1.52 bits per heavy atom. The van der Waals surface area contributed by atoms with Crippen LogP contribution in [0.1, 0.15) is 12.8 Å². The first-order valence-electron chi connectivity index (χ1n) is 6.29. The summed E-state index contributed by atoms with van der Waals surface area (Å²) >= 11 is 5.81. The molecule has 0 radical (unpaired) electrons. The molecule has 4 nitrogen and oxygen atoms in total. The van der Waals surface area contributed by atoms with Crippen molar-refractivity contribution in [2.24, 2.45) is 5.92 Å². The maximum Gasteiger partial charge on any atom is 0.387 e. The standard InChI is InChI=1S/C13H15ClF2N2O2.ClH/c14-10-6-9(1-2-11(10)20-13(15)16)18-12(19)5-8-3-4-17-7-8;/h1-2,6,8,13,17H,3-5,7H2,(H,18,19);1H. The fraction of sp³-hybridized carbons (Fsp3) is 0.462. The van der Waals surface area contributed by atoms with Crippen LogP contribution in [0, 0.1) is 5.92 Å². The third-order valence-corrected chi connectivity index (χ3v) is 3.36. The molecule has 0 spiro atoms. The van der Waals surface area contributed by atoms with Gasteiger partial charge in [0.1, 0.15) is 5.75 Å². The SMILES string of the molecule is Cl.O=C(CC1CCNC1)Nc1ccc(OC(F)F)c(Cl)c1. The summed E-state index contributed by atoms with van der Waals surface area (Å²) in [6.45, 7) is -1.15. The molecule has 2 N–H and O–H groups in total. The molecule has 1 aliphatic rings. The van der Waals surface area contributed by atoms with Gasteiger partial charge in [-0.1, -0.05) is 11.6 Å². The average molecular weight is 341 g/mol. The summed E-state index contributed by atoms with van der Waals surface area (Å²) in [5.41, 5.74) is 0.465. The van der Waals surface area contributed by atoms with Crippen molar-refractivity contribution in [3.8, 4) is 5.75 Å². The summed E-state index contributed by atoms with van der Waals surface area (Å²) in [5.74, 6) is 0.115. The molecule has 1 atom stereocenters. The van der Waals surface area contributed by atoms with E-state index in [9.17, 15) is 13.6 Å². The van der Waals surface area contributed by atoms with Crippen molar-refractivity contribution in [3.63, 3.8) is 0 Å². The number of alkyl halides is 2. The van der Waals surface area contributed by atoms with E-state index in [1.807, 2.05) is 0 Å². The van der Waals surface area contributed by atoms with Crippen LogP contribution in [-0.4, -0.2) is 25.6 Å². The van der Waals surface area contributed by atoms with E-state index in [0.717, 1.165) is 19.5 Å². The van der Waals surface area contributed by atoms with Gasteiger partial charge in [-0.05, 0) is 43.6 Å². The van der Waals surface area contributed by atoms with Crippen molar-refractivity contribution < 1.29 is 18.3 Å². The molecule has 1 aromatic carbocycles. The number of amides is 1. The molecular formula is C13H16Cl2F2N2O2. The van der Waals surface area contributed by atoms with E-state index in [1.54, 1.807) is 0 Å². The topological polar surface area (TPSA) is 50.4 Å². The van der Waals surface area contributed by atoms with Crippen LogP contribution >= 0.6 is 24.0 Å². The lowest BCUT2D eigenvalue weighted by Crippen LogP contribution is -2.18. The number of nitrogens with one attached hydrogen (secondary N) is 2. The Labute approximate surface area is 132 Å². The van der Waals surface area contributed by atoms with Crippen molar-refractivity contribution in [2.45, 2.75) is 19.5 Å². The minimum atomic E-state index is -2.93. The van der Waals surface area contributed by atoms with Gasteiger partial charge in [-0.15, -0.1) is 12.4 Å². The molecule has 0 aromatic heterocycles. The van der Waals surface area contributed by atoms with Crippen LogP contribution in [0.2, 0.25) is 5.02 Å². The van der Waals surface area contributed by atoms with Crippen LogP contribution in [-0.2, 0) is 4.79 Å². The van der Waals surface area contributed by atoms with E-state index in [1.165, 1.54) is 18.2 Å². The van der Waals surface area contributed by atoms with Crippen LogP contribution in [0.3, 0.4) is 0 Å². The van der Waals surface area contributed by atoms with Gasteiger partial charge in [-0.3, -0.25) is 4.79 Å². The van der Waals surface area contributed by atoms with Crippen molar-refractivity contribution >= 4 is 35.6 Å². The van der Waals surface area contributed by atoms with Gasteiger partial charge in [-0.2, -0.15) is 8.78 Å². The third kappa shape index (κ3) is 5.65. The molecule has 0 bridgehead atoms. The lowest BCUT2D eigenvalue weighted by Gasteiger charge is -2.11. The number of hydrogen-bond acceptors (Lipinski definition) is 3. The monoisotopic (exact) mass is 340 g/mol. The Balaban J connectivity index is 0.00000220. The van der Waals surface area contributed by atoms with Gasteiger partial charge in [0.25, 0.3) is 0 Å². The second-order valence-corrected chi connectivity index (χ2v) is 5.04. The number of hydrogen-bond donors (Lipinski definition) is 2. The van der Waals surface area contributed by atoms with Crippen LogP contribution in [0.4, 0.5) is 14.5 Å². The Morgan fingerprint density at radius 2 is 2.29 bits per heavy atom. The fourth-order valence-electron chi connectivity index (χ4n) is 2.13. The zero-order valence-corrected chi connectivity index (χ0v) is 12.6. The highest BCUT2D eigenvalue weighted by molar-refractivity contribution is 6.32. The predicted molar refractivity (Wildman–Crippen MR) is 79.6 cm³/mol. The van der Waals surface area contributed by atoms with E-state index < -0.39 is 6.61 Å². The molecular weight excluding hydrogens is 325 g/mol. The molecule has 8 heteroatoms. The van der Waals surface area contributed by atoms with Crippen molar-refractivity contribution in [3.05, 3.63) is 23.2 Å². The van der Waals surface area contributed by atoms with E-state index in [0.29, 0.717) is 18.0 Å². The van der Waals surface area contributed by atoms with Crippen molar-refractivity contribution in [2.75, 3.05) is 18.4 Å². The highest BCUT2D eigenvalue weighted by Gasteiger charge is 2.18. The number of carbonyl (C=O) groups is 1. The summed E-state index contributed by atoms with van der Waals surface area (Å²) in [7, 11) is 0. The van der Waals surface area contributed by atoms with E-state index in [2.05, 4.69) is 15.4 Å². The van der Waals surface area contributed by atoms with Crippen LogP contribution in [0.5, 0.6) is 5.75 Å². The molecule has 0 saturated carbocycles. The lowest BCUT2D eigenvalue weighted by atomic mass is 10.0. The van der Waals surface area contributed by atoms with E-state index in [4.69, 9.17) is 11.6 Å². The first-order chi connectivity index (χ1) is 9.54. The Hall–Kier alpha value is -1.11. The van der Waals surface area contributed by atoms with Gasteiger partial charge in [0.05, 0.1) is 5.02 Å². The molecule has 1 aromatic rings. The number of benzene rings is 1. The van der Waals surface area contributed by atoms with Gasteiger partial charge in [0.2, 0.25) is 5.91 Å². The molecule has 1 saturated heterocycles. The Bertz CT molecular complexity index is 483. The number of halogens is 4. The Morgan fingerprint density at radius 3 is 2.86 bits per heavy atom. The molecule has 1 amide bonds. The summed E-state index contributed by atoms with van der Waals surface area (Å²) in [4.78, 5) is 11.8. The number of ether oxygens (including phenoxy) is 1. The molecule has 1 heterocycles.